The van der Waals surface area contributed by atoms with Crippen LogP contribution in [0.15, 0.2) is 140 Å². The molecular formula is C42H29N. The van der Waals surface area contributed by atoms with Crippen molar-refractivity contribution in [2.24, 2.45) is 0 Å². The van der Waals surface area contributed by atoms with E-state index in [1.807, 2.05) is 12.3 Å². The van der Waals surface area contributed by atoms with Gasteiger partial charge in [-0.3, -0.25) is 4.98 Å². The fourth-order valence-corrected chi connectivity index (χ4v) is 7.63. The van der Waals surface area contributed by atoms with E-state index in [1.165, 1.54) is 82.2 Å². The van der Waals surface area contributed by atoms with Crippen LogP contribution in [-0.2, 0) is 5.41 Å². The summed E-state index contributed by atoms with van der Waals surface area (Å²) in [5.74, 6) is 0. The van der Waals surface area contributed by atoms with Gasteiger partial charge in [0.2, 0.25) is 0 Å². The second kappa shape index (κ2) is 8.86. The number of aromatic nitrogens is 1. The maximum absolute atomic E-state index is 4.67. The van der Waals surface area contributed by atoms with Crippen LogP contribution in [0.2, 0.25) is 0 Å². The molecule has 8 aromatic rings. The molecule has 0 saturated heterocycles. The lowest BCUT2D eigenvalue weighted by Gasteiger charge is -2.23. The number of fused-ring (bicyclic) bond motifs is 7. The summed E-state index contributed by atoms with van der Waals surface area (Å²) in [6.07, 6.45) is 1.89. The lowest BCUT2D eigenvalue weighted by Crippen LogP contribution is -2.15. The van der Waals surface area contributed by atoms with Gasteiger partial charge in [-0.05, 0) is 101 Å². The molecule has 0 aliphatic heterocycles. The zero-order valence-corrected chi connectivity index (χ0v) is 24.2. The molecule has 9 rings (SSSR count). The van der Waals surface area contributed by atoms with Gasteiger partial charge in [0.1, 0.15) is 0 Å². The van der Waals surface area contributed by atoms with Gasteiger partial charge in [0.05, 0.1) is 5.52 Å². The third kappa shape index (κ3) is 3.43. The summed E-state index contributed by atoms with van der Waals surface area (Å²) in [6.45, 7) is 4.71. The molecule has 0 atom stereocenters. The average molecular weight is 548 g/mol. The predicted octanol–water partition coefficient (Wildman–Crippen LogP) is 11.3. The van der Waals surface area contributed by atoms with Crippen molar-refractivity contribution in [2.75, 3.05) is 0 Å². The first kappa shape index (κ1) is 24.3. The van der Waals surface area contributed by atoms with E-state index in [-0.39, 0.29) is 5.41 Å². The molecule has 0 radical (unpaired) electrons. The van der Waals surface area contributed by atoms with Crippen molar-refractivity contribution < 1.29 is 0 Å². The zero-order chi connectivity index (χ0) is 28.7. The normalized spacial score (nSPS) is 13.5. The monoisotopic (exact) mass is 547 g/mol. The predicted molar refractivity (Wildman–Crippen MR) is 183 cm³/mol. The van der Waals surface area contributed by atoms with E-state index >= 15 is 0 Å². The van der Waals surface area contributed by atoms with Crippen LogP contribution in [0.5, 0.6) is 0 Å². The van der Waals surface area contributed by atoms with Crippen molar-refractivity contribution in [2.45, 2.75) is 19.3 Å². The molecule has 0 amide bonds. The van der Waals surface area contributed by atoms with Crippen LogP contribution >= 0.6 is 0 Å². The van der Waals surface area contributed by atoms with Crippen LogP contribution in [-0.4, -0.2) is 4.98 Å². The number of rotatable bonds is 2. The van der Waals surface area contributed by atoms with E-state index in [1.54, 1.807) is 0 Å². The highest BCUT2D eigenvalue weighted by molar-refractivity contribution is 6.23. The summed E-state index contributed by atoms with van der Waals surface area (Å²) in [5, 5.41) is 8.88. The molecule has 0 bridgehead atoms. The van der Waals surface area contributed by atoms with E-state index in [0.29, 0.717) is 0 Å². The van der Waals surface area contributed by atoms with Crippen LogP contribution in [0.3, 0.4) is 0 Å². The van der Waals surface area contributed by atoms with Gasteiger partial charge in [-0.1, -0.05) is 123 Å². The molecule has 1 aliphatic carbocycles. The number of benzene rings is 7. The fourth-order valence-electron chi connectivity index (χ4n) is 7.63. The highest BCUT2D eigenvalue weighted by atomic mass is 14.6. The molecule has 0 saturated carbocycles. The molecule has 1 nitrogen and oxygen atoms in total. The van der Waals surface area contributed by atoms with Gasteiger partial charge in [0, 0.05) is 17.0 Å². The molecule has 43 heavy (non-hydrogen) atoms. The minimum Gasteiger partial charge on any atom is -0.256 e. The third-order valence-electron chi connectivity index (χ3n) is 9.68. The molecule has 1 heterocycles. The smallest absolute Gasteiger partial charge is 0.0705 e. The summed E-state index contributed by atoms with van der Waals surface area (Å²) in [5.41, 5.74) is 11.5. The van der Waals surface area contributed by atoms with Gasteiger partial charge in [0.15, 0.2) is 0 Å². The Labute approximate surface area is 251 Å². The lowest BCUT2D eigenvalue weighted by molar-refractivity contribution is 0.661. The van der Waals surface area contributed by atoms with Crippen molar-refractivity contribution in [3.63, 3.8) is 0 Å². The van der Waals surface area contributed by atoms with Crippen molar-refractivity contribution in [1.82, 2.24) is 4.98 Å². The minimum atomic E-state index is -0.124. The molecule has 1 heteroatoms. The van der Waals surface area contributed by atoms with Gasteiger partial charge in [-0.15, -0.1) is 0 Å². The van der Waals surface area contributed by atoms with Crippen molar-refractivity contribution in [3.05, 3.63) is 151 Å². The second-order valence-corrected chi connectivity index (χ2v) is 12.3. The number of pyridine rings is 1. The average Bonchev–Trinajstić information content (AvgIpc) is 3.27. The molecular weight excluding hydrogens is 518 g/mol. The third-order valence-corrected chi connectivity index (χ3v) is 9.68. The Morgan fingerprint density at radius 1 is 0.442 bits per heavy atom. The first-order valence-corrected chi connectivity index (χ1v) is 15.1. The zero-order valence-electron chi connectivity index (χ0n) is 24.2. The van der Waals surface area contributed by atoms with Gasteiger partial charge < -0.3 is 0 Å². The highest BCUT2D eigenvalue weighted by Gasteiger charge is 2.36. The van der Waals surface area contributed by atoms with Crippen LogP contribution in [0.1, 0.15) is 25.0 Å². The van der Waals surface area contributed by atoms with Crippen molar-refractivity contribution in [3.8, 4) is 33.4 Å². The summed E-state index contributed by atoms with van der Waals surface area (Å²) in [6, 6.07) is 49.3. The Morgan fingerprint density at radius 2 is 1.05 bits per heavy atom. The van der Waals surface area contributed by atoms with Crippen LogP contribution in [0.4, 0.5) is 0 Å². The standard InChI is InChI=1S/C42H29N/c1-42(2)37-24-28(20-21-30(37)36-23-27-13-10-22-43-39(27)25-38(36)42)40-32-15-5-7-17-34(32)41(35-18-8-6-16-33(35)40)31-19-9-12-26-11-3-4-14-29(26)31/h3-25H,1-2H3. The Hall–Kier alpha value is -5.27. The maximum Gasteiger partial charge on any atom is 0.0705 e. The van der Waals surface area contributed by atoms with E-state index in [0.717, 1.165) is 5.52 Å². The van der Waals surface area contributed by atoms with Gasteiger partial charge in [-0.2, -0.15) is 0 Å². The summed E-state index contributed by atoms with van der Waals surface area (Å²) < 4.78 is 0. The molecule has 0 spiro atoms. The van der Waals surface area contributed by atoms with Crippen LogP contribution in [0, 0.1) is 0 Å². The Morgan fingerprint density at radius 3 is 1.79 bits per heavy atom. The molecule has 7 aromatic carbocycles. The van der Waals surface area contributed by atoms with E-state index in [2.05, 4.69) is 146 Å². The number of hydrogen-bond acceptors (Lipinski definition) is 1. The summed E-state index contributed by atoms with van der Waals surface area (Å²) in [7, 11) is 0. The largest absolute Gasteiger partial charge is 0.256 e. The summed E-state index contributed by atoms with van der Waals surface area (Å²) >= 11 is 0. The SMILES string of the molecule is CC1(C)c2cc(-c3c4ccccc4c(-c4cccc5ccccc45)c4ccccc34)ccc2-c2cc3cccnc3cc21. The van der Waals surface area contributed by atoms with Crippen molar-refractivity contribution in [1.29, 1.82) is 0 Å². The lowest BCUT2D eigenvalue weighted by atomic mass is 9.80. The number of nitrogens with zero attached hydrogens (tertiary/aromatic N) is 1. The molecule has 202 valence electrons. The second-order valence-electron chi connectivity index (χ2n) is 12.3. The van der Waals surface area contributed by atoms with Crippen molar-refractivity contribution >= 4 is 43.2 Å². The Balaban J connectivity index is 1.34. The van der Waals surface area contributed by atoms with Crippen LogP contribution in [0.25, 0.3) is 76.6 Å². The molecule has 0 unspecified atom stereocenters. The maximum atomic E-state index is 4.67. The molecule has 0 N–H and O–H groups in total. The quantitative estimate of drug-likeness (QED) is 0.196. The van der Waals surface area contributed by atoms with E-state index in [9.17, 15) is 0 Å². The first-order chi connectivity index (χ1) is 21.1. The van der Waals surface area contributed by atoms with Gasteiger partial charge >= 0.3 is 0 Å². The topological polar surface area (TPSA) is 12.9 Å². The first-order valence-electron chi connectivity index (χ1n) is 15.1. The highest BCUT2D eigenvalue weighted by Crippen LogP contribution is 2.52. The van der Waals surface area contributed by atoms with Gasteiger partial charge in [-0.25, -0.2) is 0 Å². The minimum absolute atomic E-state index is 0.124. The fraction of sp³-hybridized carbons (Fsp3) is 0.0714. The molecule has 1 aromatic heterocycles. The van der Waals surface area contributed by atoms with Crippen LogP contribution < -0.4 is 0 Å². The van der Waals surface area contributed by atoms with E-state index < -0.39 is 0 Å². The Kier molecular flexibility index (Phi) is 5.02. The summed E-state index contributed by atoms with van der Waals surface area (Å²) in [4.78, 5) is 4.67. The Bertz CT molecular complexity index is 2370. The number of hydrogen-bond donors (Lipinski definition) is 0. The molecule has 0 fully saturated rings. The van der Waals surface area contributed by atoms with E-state index in [4.69, 9.17) is 0 Å². The molecule has 1 aliphatic rings. The van der Waals surface area contributed by atoms with Gasteiger partial charge in [0.25, 0.3) is 0 Å².